The molecule has 0 unspecified atom stereocenters. The van der Waals surface area contributed by atoms with Crippen molar-refractivity contribution < 1.29 is 9.59 Å². The number of anilines is 2. The summed E-state index contributed by atoms with van der Waals surface area (Å²) in [4.78, 5) is 27.9. The molecule has 0 aromatic heterocycles. The summed E-state index contributed by atoms with van der Waals surface area (Å²) in [5.41, 5.74) is 7.99. The van der Waals surface area contributed by atoms with Gasteiger partial charge in [-0.3, -0.25) is 4.79 Å². The molecule has 0 aliphatic carbocycles. The minimum absolute atomic E-state index is 0.223. The first-order valence-electron chi connectivity index (χ1n) is 7.72. The van der Waals surface area contributed by atoms with Gasteiger partial charge in [0.2, 0.25) is 0 Å². The van der Waals surface area contributed by atoms with Gasteiger partial charge >= 0.3 is 6.03 Å². The molecule has 0 spiro atoms. The lowest BCUT2D eigenvalue weighted by Gasteiger charge is -2.19. The fourth-order valence-electron chi connectivity index (χ4n) is 2.76. The van der Waals surface area contributed by atoms with Crippen molar-refractivity contribution >= 4 is 34.9 Å². The van der Waals surface area contributed by atoms with Crippen molar-refractivity contribution in [3.8, 4) is 0 Å². The Bertz CT molecular complexity index is 759. The van der Waals surface area contributed by atoms with Gasteiger partial charge in [-0.25, -0.2) is 9.69 Å². The van der Waals surface area contributed by atoms with Gasteiger partial charge < -0.3 is 10.6 Å². The SMILES string of the molecule is C[C@H]1C(=O)N(c2ccc(Cl)cc2)C(=O)N1CCc1ccc(N)cc1. The molecule has 1 aliphatic heterocycles. The summed E-state index contributed by atoms with van der Waals surface area (Å²) in [6.07, 6.45) is 0.665. The van der Waals surface area contributed by atoms with Crippen molar-refractivity contribution in [1.82, 2.24) is 4.90 Å². The molecule has 0 radical (unpaired) electrons. The zero-order valence-electron chi connectivity index (χ0n) is 13.3. The predicted octanol–water partition coefficient (Wildman–Crippen LogP) is 3.32. The largest absolute Gasteiger partial charge is 0.399 e. The van der Waals surface area contributed by atoms with Crippen LogP contribution in [-0.2, 0) is 11.2 Å². The number of nitrogen functional groups attached to an aromatic ring is 1. The van der Waals surface area contributed by atoms with Crippen LogP contribution in [-0.4, -0.2) is 29.4 Å². The lowest BCUT2D eigenvalue weighted by molar-refractivity contribution is -0.119. The van der Waals surface area contributed by atoms with Crippen molar-refractivity contribution in [2.75, 3.05) is 17.2 Å². The zero-order chi connectivity index (χ0) is 17.3. The number of urea groups is 1. The molecule has 1 heterocycles. The lowest BCUT2D eigenvalue weighted by atomic mass is 10.1. The molecule has 1 saturated heterocycles. The maximum atomic E-state index is 12.7. The summed E-state index contributed by atoms with van der Waals surface area (Å²) < 4.78 is 0. The Hall–Kier alpha value is -2.53. The Morgan fingerprint density at radius 3 is 2.29 bits per heavy atom. The first-order valence-corrected chi connectivity index (χ1v) is 8.10. The number of imide groups is 1. The molecule has 24 heavy (non-hydrogen) atoms. The van der Waals surface area contributed by atoms with E-state index in [9.17, 15) is 9.59 Å². The van der Waals surface area contributed by atoms with E-state index in [0.717, 1.165) is 5.56 Å². The highest BCUT2D eigenvalue weighted by Crippen LogP contribution is 2.26. The van der Waals surface area contributed by atoms with Gasteiger partial charge in [0.05, 0.1) is 5.69 Å². The van der Waals surface area contributed by atoms with Crippen molar-refractivity contribution in [2.45, 2.75) is 19.4 Å². The number of nitrogens with two attached hydrogens (primary N) is 1. The van der Waals surface area contributed by atoms with E-state index in [2.05, 4.69) is 0 Å². The third-order valence-electron chi connectivity index (χ3n) is 4.19. The lowest BCUT2D eigenvalue weighted by Crippen LogP contribution is -2.35. The van der Waals surface area contributed by atoms with Crippen LogP contribution in [0.25, 0.3) is 0 Å². The molecule has 1 aliphatic rings. The van der Waals surface area contributed by atoms with Crippen LogP contribution in [0, 0.1) is 0 Å². The van der Waals surface area contributed by atoms with Gasteiger partial charge in [-0.2, -0.15) is 0 Å². The second-order valence-electron chi connectivity index (χ2n) is 5.79. The van der Waals surface area contributed by atoms with E-state index in [-0.39, 0.29) is 11.9 Å². The van der Waals surface area contributed by atoms with E-state index in [1.54, 1.807) is 36.1 Å². The molecular formula is C18H18ClN3O2. The van der Waals surface area contributed by atoms with Gasteiger partial charge in [0, 0.05) is 17.3 Å². The molecule has 1 fully saturated rings. The van der Waals surface area contributed by atoms with Crippen LogP contribution >= 0.6 is 11.6 Å². The second kappa shape index (κ2) is 6.53. The molecule has 124 valence electrons. The fourth-order valence-corrected chi connectivity index (χ4v) is 2.89. The van der Waals surface area contributed by atoms with Crippen LogP contribution in [0.5, 0.6) is 0 Å². The van der Waals surface area contributed by atoms with E-state index >= 15 is 0 Å². The molecule has 2 aromatic rings. The fraction of sp³-hybridized carbons (Fsp3) is 0.222. The molecule has 5 nitrogen and oxygen atoms in total. The summed E-state index contributed by atoms with van der Waals surface area (Å²) in [6, 6.07) is 13.4. The number of nitrogens with zero attached hydrogens (tertiary/aromatic N) is 2. The molecule has 3 amide bonds. The first-order chi connectivity index (χ1) is 11.5. The monoisotopic (exact) mass is 343 g/mol. The molecular weight excluding hydrogens is 326 g/mol. The number of amides is 3. The quantitative estimate of drug-likeness (QED) is 0.684. The van der Waals surface area contributed by atoms with Gasteiger partial charge in [0.1, 0.15) is 6.04 Å². The van der Waals surface area contributed by atoms with Crippen molar-refractivity contribution in [3.63, 3.8) is 0 Å². The third kappa shape index (κ3) is 3.08. The summed E-state index contributed by atoms with van der Waals surface area (Å²) in [5, 5.41) is 0.561. The zero-order valence-corrected chi connectivity index (χ0v) is 14.0. The molecule has 2 aromatic carbocycles. The van der Waals surface area contributed by atoms with E-state index in [1.165, 1.54) is 4.90 Å². The molecule has 0 saturated carbocycles. The molecule has 0 bridgehead atoms. The Morgan fingerprint density at radius 2 is 1.67 bits per heavy atom. The van der Waals surface area contributed by atoms with Crippen LogP contribution < -0.4 is 10.6 Å². The summed E-state index contributed by atoms with van der Waals surface area (Å²) in [7, 11) is 0. The number of halogens is 1. The number of carbonyl (C=O) groups is 2. The van der Waals surface area contributed by atoms with Crippen LogP contribution in [0.1, 0.15) is 12.5 Å². The number of rotatable bonds is 4. The number of hydrogen-bond donors (Lipinski definition) is 1. The molecule has 3 rings (SSSR count). The van der Waals surface area contributed by atoms with Crippen LogP contribution in [0.15, 0.2) is 48.5 Å². The van der Waals surface area contributed by atoms with Crippen molar-refractivity contribution in [1.29, 1.82) is 0 Å². The van der Waals surface area contributed by atoms with Gasteiger partial charge in [-0.1, -0.05) is 23.7 Å². The molecule has 1 atom stereocenters. The normalized spacial score (nSPS) is 17.7. The Kier molecular flexibility index (Phi) is 4.44. The van der Waals surface area contributed by atoms with Crippen molar-refractivity contribution in [2.24, 2.45) is 0 Å². The Balaban J connectivity index is 1.75. The predicted molar refractivity (Wildman–Crippen MR) is 95.1 cm³/mol. The van der Waals surface area contributed by atoms with Crippen LogP contribution in [0.2, 0.25) is 5.02 Å². The Morgan fingerprint density at radius 1 is 1.04 bits per heavy atom. The molecule has 6 heteroatoms. The first kappa shape index (κ1) is 16.3. The van der Waals surface area contributed by atoms with E-state index in [1.807, 2.05) is 24.3 Å². The van der Waals surface area contributed by atoms with E-state index < -0.39 is 6.04 Å². The van der Waals surface area contributed by atoms with Crippen LogP contribution in [0.4, 0.5) is 16.2 Å². The molecule has 2 N–H and O–H groups in total. The van der Waals surface area contributed by atoms with Gasteiger partial charge in [0.15, 0.2) is 0 Å². The standard InChI is InChI=1S/C18H18ClN3O2/c1-12-17(23)22(16-8-4-14(19)5-9-16)18(24)21(12)11-10-13-2-6-15(20)7-3-13/h2-9,12H,10-11,20H2,1H3/t12-/m0/s1. The summed E-state index contributed by atoms with van der Waals surface area (Å²) >= 11 is 5.87. The van der Waals surface area contributed by atoms with Crippen LogP contribution in [0.3, 0.4) is 0 Å². The van der Waals surface area contributed by atoms with Gasteiger partial charge in [0.25, 0.3) is 5.91 Å². The van der Waals surface area contributed by atoms with Crippen molar-refractivity contribution in [3.05, 3.63) is 59.1 Å². The maximum absolute atomic E-state index is 12.7. The highest BCUT2D eigenvalue weighted by molar-refractivity contribution is 6.30. The second-order valence-corrected chi connectivity index (χ2v) is 6.23. The third-order valence-corrected chi connectivity index (χ3v) is 4.44. The number of carbonyl (C=O) groups excluding carboxylic acids is 2. The Labute approximate surface area is 145 Å². The van der Waals surface area contributed by atoms with E-state index in [0.29, 0.717) is 29.4 Å². The minimum atomic E-state index is -0.484. The number of hydrogen-bond acceptors (Lipinski definition) is 3. The summed E-state index contributed by atoms with van der Waals surface area (Å²) in [6.45, 7) is 2.22. The smallest absolute Gasteiger partial charge is 0.332 e. The summed E-state index contributed by atoms with van der Waals surface area (Å²) in [5.74, 6) is -0.223. The average molecular weight is 344 g/mol. The van der Waals surface area contributed by atoms with E-state index in [4.69, 9.17) is 17.3 Å². The topological polar surface area (TPSA) is 66.6 Å². The maximum Gasteiger partial charge on any atom is 0.332 e. The van der Waals surface area contributed by atoms with Gasteiger partial charge in [-0.15, -0.1) is 0 Å². The highest BCUT2D eigenvalue weighted by atomic mass is 35.5. The average Bonchev–Trinajstić information content (AvgIpc) is 2.78. The number of benzene rings is 2. The van der Waals surface area contributed by atoms with Gasteiger partial charge in [-0.05, 0) is 55.3 Å². The highest BCUT2D eigenvalue weighted by Gasteiger charge is 2.42. The minimum Gasteiger partial charge on any atom is -0.399 e.